The Bertz CT molecular complexity index is 904. The van der Waals surface area contributed by atoms with Gasteiger partial charge in [0.05, 0.1) is 7.11 Å². The monoisotopic (exact) mass is 380 g/mol. The molecule has 1 aliphatic rings. The van der Waals surface area contributed by atoms with E-state index < -0.39 is 11.8 Å². The molecule has 0 saturated carbocycles. The first-order valence-electron chi connectivity index (χ1n) is 8.60. The Labute approximate surface area is 162 Å². The number of aliphatic imine (C=N–C) groups is 1. The highest BCUT2D eigenvalue weighted by molar-refractivity contribution is 6.44. The Morgan fingerprint density at radius 3 is 2.32 bits per heavy atom. The summed E-state index contributed by atoms with van der Waals surface area (Å²) in [5.41, 5.74) is 1.96. The molecule has 0 unspecified atom stereocenters. The first-order chi connectivity index (χ1) is 13.6. The molecule has 2 amide bonds. The van der Waals surface area contributed by atoms with Gasteiger partial charge in [-0.15, -0.1) is 5.06 Å². The molecular formula is C21H20N2O5. The summed E-state index contributed by atoms with van der Waals surface area (Å²) in [4.78, 5) is 34.9. The van der Waals surface area contributed by atoms with Crippen molar-refractivity contribution in [3.8, 4) is 5.75 Å². The Balaban J connectivity index is 1.96. The number of methoxy groups -OCH3 is 2. The molecule has 1 heterocycles. The summed E-state index contributed by atoms with van der Waals surface area (Å²) in [6.07, 6.45) is 1.88. The number of imide groups is 1. The average Bonchev–Trinajstić information content (AvgIpc) is 2.73. The lowest BCUT2D eigenvalue weighted by Gasteiger charge is -2.24. The maximum atomic E-state index is 12.7. The van der Waals surface area contributed by atoms with Crippen LogP contribution in [-0.2, 0) is 25.6 Å². The molecular weight excluding hydrogens is 360 g/mol. The van der Waals surface area contributed by atoms with Crippen molar-refractivity contribution in [1.29, 1.82) is 0 Å². The van der Waals surface area contributed by atoms with Crippen molar-refractivity contribution in [2.45, 2.75) is 6.42 Å². The van der Waals surface area contributed by atoms with Crippen LogP contribution in [0, 0.1) is 0 Å². The first-order valence-corrected chi connectivity index (χ1v) is 8.60. The lowest BCUT2D eigenvalue weighted by Crippen LogP contribution is -2.46. The number of hydrogen-bond acceptors (Lipinski definition) is 6. The van der Waals surface area contributed by atoms with Gasteiger partial charge in [-0.05, 0) is 29.3 Å². The van der Waals surface area contributed by atoms with Crippen LogP contribution in [0.1, 0.15) is 11.1 Å². The molecule has 0 aromatic heterocycles. The zero-order valence-electron chi connectivity index (χ0n) is 15.6. The van der Waals surface area contributed by atoms with Crippen LogP contribution in [0.2, 0.25) is 0 Å². The Morgan fingerprint density at radius 2 is 1.68 bits per heavy atom. The van der Waals surface area contributed by atoms with Gasteiger partial charge >= 0.3 is 5.91 Å². The van der Waals surface area contributed by atoms with Gasteiger partial charge in [0.1, 0.15) is 17.2 Å². The molecule has 0 N–H and O–H groups in total. The second-order valence-corrected chi connectivity index (χ2v) is 5.96. The summed E-state index contributed by atoms with van der Waals surface area (Å²) < 4.78 is 9.97. The van der Waals surface area contributed by atoms with Crippen LogP contribution in [0.15, 0.2) is 65.3 Å². The second-order valence-electron chi connectivity index (χ2n) is 5.96. The van der Waals surface area contributed by atoms with Crippen LogP contribution in [-0.4, -0.2) is 43.6 Å². The minimum absolute atomic E-state index is 0.104. The van der Waals surface area contributed by atoms with E-state index in [2.05, 4.69) is 4.99 Å². The van der Waals surface area contributed by atoms with E-state index in [0.29, 0.717) is 10.8 Å². The molecule has 0 bridgehead atoms. The number of hydrogen-bond donors (Lipinski definition) is 0. The number of rotatable bonds is 7. The SMILES string of the molecule is COCON1C(=O)C(Cc2ccccc2)=N/C(=C/c2ccc(OC)cc2)C1=O. The van der Waals surface area contributed by atoms with E-state index in [4.69, 9.17) is 14.3 Å². The molecule has 3 rings (SSSR count). The molecule has 0 radical (unpaired) electrons. The van der Waals surface area contributed by atoms with Gasteiger partial charge in [0.2, 0.25) is 0 Å². The van der Waals surface area contributed by atoms with Crippen molar-refractivity contribution in [2.24, 2.45) is 4.99 Å². The van der Waals surface area contributed by atoms with E-state index in [9.17, 15) is 9.59 Å². The number of hydroxylamine groups is 2. The van der Waals surface area contributed by atoms with Gasteiger partial charge in [-0.25, -0.2) is 9.83 Å². The molecule has 28 heavy (non-hydrogen) atoms. The van der Waals surface area contributed by atoms with E-state index in [1.165, 1.54) is 7.11 Å². The van der Waals surface area contributed by atoms with Crippen molar-refractivity contribution in [3.05, 3.63) is 71.4 Å². The van der Waals surface area contributed by atoms with Crippen LogP contribution in [0.3, 0.4) is 0 Å². The fraction of sp³-hybridized carbons (Fsp3) is 0.190. The third-order valence-electron chi connectivity index (χ3n) is 4.02. The first kappa shape index (κ1) is 19.5. The number of amides is 2. The van der Waals surface area contributed by atoms with Gasteiger partial charge in [0.25, 0.3) is 5.91 Å². The molecule has 2 aromatic carbocycles. The molecule has 7 heteroatoms. The van der Waals surface area contributed by atoms with E-state index in [-0.39, 0.29) is 24.6 Å². The van der Waals surface area contributed by atoms with Crippen molar-refractivity contribution in [1.82, 2.24) is 5.06 Å². The van der Waals surface area contributed by atoms with E-state index >= 15 is 0 Å². The Kier molecular flexibility index (Phi) is 6.31. The molecule has 0 aliphatic carbocycles. The molecule has 1 aliphatic heterocycles. The van der Waals surface area contributed by atoms with E-state index in [1.807, 2.05) is 30.3 Å². The number of ether oxygens (including phenoxy) is 2. The zero-order valence-corrected chi connectivity index (χ0v) is 15.6. The van der Waals surface area contributed by atoms with Crippen LogP contribution < -0.4 is 4.74 Å². The third kappa shape index (κ3) is 4.51. The maximum Gasteiger partial charge on any atom is 0.303 e. The van der Waals surface area contributed by atoms with Crippen molar-refractivity contribution >= 4 is 23.6 Å². The average molecular weight is 380 g/mol. The summed E-state index contributed by atoms with van der Waals surface area (Å²) in [6, 6.07) is 16.6. The van der Waals surface area contributed by atoms with E-state index in [1.54, 1.807) is 37.5 Å². The smallest absolute Gasteiger partial charge is 0.303 e. The molecule has 7 nitrogen and oxygen atoms in total. The van der Waals surface area contributed by atoms with Crippen molar-refractivity contribution < 1.29 is 23.9 Å². The zero-order chi connectivity index (χ0) is 19.9. The second kappa shape index (κ2) is 9.07. The molecule has 0 atom stereocenters. The van der Waals surface area contributed by atoms with Crippen molar-refractivity contribution in [2.75, 3.05) is 21.0 Å². The Morgan fingerprint density at radius 1 is 0.964 bits per heavy atom. The molecule has 144 valence electrons. The van der Waals surface area contributed by atoms with Gasteiger partial charge in [0, 0.05) is 13.5 Å². The lowest BCUT2D eigenvalue weighted by atomic mass is 10.1. The molecule has 2 aromatic rings. The van der Waals surface area contributed by atoms with Gasteiger partial charge in [-0.1, -0.05) is 42.5 Å². The lowest BCUT2D eigenvalue weighted by molar-refractivity contribution is -0.213. The highest BCUT2D eigenvalue weighted by Gasteiger charge is 2.34. The minimum atomic E-state index is -0.644. The maximum absolute atomic E-state index is 12.7. The normalized spacial score (nSPS) is 15.7. The molecule has 0 spiro atoms. The largest absolute Gasteiger partial charge is 0.497 e. The van der Waals surface area contributed by atoms with Gasteiger partial charge < -0.3 is 9.47 Å². The third-order valence-corrected chi connectivity index (χ3v) is 4.02. The predicted molar refractivity (Wildman–Crippen MR) is 103 cm³/mol. The fourth-order valence-electron chi connectivity index (χ4n) is 2.63. The summed E-state index contributed by atoms with van der Waals surface area (Å²) in [5.74, 6) is -0.543. The van der Waals surface area contributed by atoms with Crippen LogP contribution in [0.25, 0.3) is 6.08 Å². The quantitative estimate of drug-likeness (QED) is 0.419. The number of carbonyl (C=O) groups is 2. The number of nitrogens with zero attached hydrogens (tertiary/aromatic N) is 2. The molecule has 0 fully saturated rings. The number of benzene rings is 2. The highest BCUT2D eigenvalue weighted by Crippen LogP contribution is 2.20. The summed E-state index contributed by atoms with van der Waals surface area (Å²) in [6.45, 7) is -0.230. The predicted octanol–water partition coefficient (Wildman–Crippen LogP) is 2.62. The van der Waals surface area contributed by atoms with Gasteiger partial charge in [-0.3, -0.25) is 9.59 Å². The highest BCUT2D eigenvalue weighted by atomic mass is 16.8. The van der Waals surface area contributed by atoms with Gasteiger partial charge in [0.15, 0.2) is 6.79 Å². The fourth-order valence-corrected chi connectivity index (χ4v) is 2.63. The topological polar surface area (TPSA) is 77.4 Å². The summed E-state index contributed by atoms with van der Waals surface area (Å²) in [5, 5.41) is 0.699. The summed E-state index contributed by atoms with van der Waals surface area (Å²) in [7, 11) is 2.99. The minimum Gasteiger partial charge on any atom is -0.497 e. The van der Waals surface area contributed by atoms with E-state index in [0.717, 1.165) is 11.1 Å². The van der Waals surface area contributed by atoms with Crippen LogP contribution in [0.4, 0.5) is 0 Å². The number of carbonyl (C=O) groups excluding carboxylic acids is 2. The van der Waals surface area contributed by atoms with Crippen LogP contribution >= 0.6 is 0 Å². The summed E-state index contributed by atoms with van der Waals surface area (Å²) >= 11 is 0. The Hall–Kier alpha value is -3.29. The van der Waals surface area contributed by atoms with Crippen molar-refractivity contribution in [3.63, 3.8) is 0 Å². The molecule has 0 saturated heterocycles. The van der Waals surface area contributed by atoms with Crippen LogP contribution in [0.5, 0.6) is 5.75 Å². The standard InChI is InChI=1S/C21H20N2O5/c1-26-14-28-23-20(24)18(12-15-6-4-3-5-7-15)22-19(21(23)25)13-16-8-10-17(27-2)11-9-16/h3-11,13H,12,14H2,1-2H3/b19-13+. The van der Waals surface area contributed by atoms with Gasteiger partial charge in [-0.2, -0.15) is 0 Å².